The van der Waals surface area contributed by atoms with Gasteiger partial charge >= 0.3 is 0 Å². The van der Waals surface area contributed by atoms with Crippen molar-refractivity contribution in [3.63, 3.8) is 0 Å². The van der Waals surface area contributed by atoms with E-state index in [1.807, 2.05) is 36.0 Å². The normalized spacial score (nSPS) is 15.1. The molecule has 4 aromatic carbocycles. The Morgan fingerprint density at radius 3 is 1.91 bits per heavy atom. The first kappa shape index (κ1) is 30.8. The predicted molar refractivity (Wildman–Crippen MR) is 177 cm³/mol. The maximum absolute atomic E-state index is 5.83. The Hall–Kier alpha value is -3.25. The van der Waals surface area contributed by atoms with Gasteiger partial charge in [-0.3, -0.25) is 0 Å². The van der Waals surface area contributed by atoms with Crippen molar-refractivity contribution in [2.45, 2.75) is 15.2 Å². The average molecular weight is 633 g/mol. The number of rotatable bonds is 16. The van der Waals surface area contributed by atoms with Crippen LogP contribution in [0.1, 0.15) is 16.5 Å². The summed E-state index contributed by atoms with van der Waals surface area (Å²) in [5, 5.41) is 7.28. The molecule has 2 aliphatic rings. The van der Waals surface area contributed by atoms with Crippen molar-refractivity contribution in [2.24, 2.45) is 4.99 Å². The zero-order chi connectivity index (χ0) is 30.1. The van der Waals surface area contributed by atoms with E-state index >= 15 is 0 Å². The molecule has 8 nitrogen and oxygen atoms in total. The lowest BCUT2D eigenvalue weighted by Crippen LogP contribution is -2.12. The Kier molecular flexibility index (Phi) is 10.6. The van der Waals surface area contributed by atoms with Crippen LogP contribution in [0.25, 0.3) is 10.8 Å². The van der Waals surface area contributed by atoms with E-state index in [0.29, 0.717) is 52.9 Å². The summed E-state index contributed by atoms with van der Waals surface area (Å²) < 4.78 is 32.6. The van der Waals surface area contributed by atoms with Gasteiger partial charge in [-0.15, -0.1) is 0 Å². The first-order valence-electron chi connectivity index (χ1n) is 14.6. The zero-order valence-electron chi connectivity index (χ0n) is 24.9. The minimum Gasteiger partial charge on any atom is -0.491 e. The van der Waals surface area contributed by atoms with Gasteiger partial charge in [0, 0.05) is 46.0 Å². The van der Waals surface area contributed by atoms with Crippen LogP contribution in [-0.4, -0.2) is 72.1 Å². The van der Waals surface area contributed by atoms with E-state index in [1.165, 1.54) is 26.1 Å². The molecule has 230 valence electrons. The van der Waals surface area contributed by atoms with Crippen molar-refractivity contribution < 1.29 is 28.4 Å². The minimum absolute atomic E-state index is 0.0983. The zero-order valence-corrected chi connectivity index (χ0v) is 26.5. The highest BCUT2D eigenvalue weighted by molar-refractivity contribution is 8.14. The second-order valence-electron chi connectivity index (χ2n) is 10.1. The smallest absolute Gasteiger partial charge is 0.119 e. The van der Waals surface area contributed by atoms with Gasteiger partial charge in [-0.2, -0.15) is 0 Å². The van der Waals surface area contributed by atoms with Gasteiger partial charge < -0.3 is 33.7 Å². The van der Waals surface area contributed by atoms with Crippen LogP contribution in [0.4, 0.5) is 11.4 Å². The Bertz CT molecular complexity index is 1570. The van der Waals surface area contributed by atoms with Crippen LogP contribution in [0.5, 0.6) is 11.5 Å². The quantitative estimate of drug-likeness (QED) is 0.128. The molecule has 0 radical (unpaired) electrons. The molecule has 0 aliphatic carbocycles. The Morgan fingerprint density at radius 1 is 0.636 bits per heavy atom. The number of nitrogens with one attached hydrogen (secondary N) is 1. The van der Waals surface area contributed by atoms with Gasteiger partial charge in [0.2, 0.25) is 0 Å². The molecule has 0 saturated carbocycles. The molecule has 1 unspecified atom stereocenters. The molecule has 10 heteroatoms. The van der Waals surface area contributed by atoms with Gasteiger partial charge in [-0.25, -0.2) is 4.99 Å². The molecule has 0 bridgehead atoms. The lowest BCUT2D eigenvalue weighted by atomic mass is 10.1. The summed E-state index contributed by atoms with van der Waals surface area (Å²) in [6, 6.07) is 25.1. The third-order valence-electron chi connectivity index (χ3n) is 7.16. The number of benzene rings is 4. The van der Waals surface area contributed by atoms with Crippen molar-refractivity contribution in [3.05, 3.63) is 83.9 Å². The Morgan fingerprint density at radius 2 is 1.25 bits per heavy atom. The summed E-state index contributed by atoms with van der Waals surface area (Å²) in [5.74, 6) is 1.65. The van der Waals surface area contributed by atoms with E-state index in [9.17, 15) is 0 Å². The maximum Gasteiger partial charge on any atom is 0.119 e. The van der Waals surface area contributed by atoms with E-state index in [1.54, 1.807) is 26.0 Å². The number of hydrogen-bond donors (Lipinski definition) is 1. The first-order valence-corrected chi connectivity index (χ1v) is 16.3. The number of thioether (sulfide) groups is 2. The highest BCUT2D eigenvalue weighted by Gasteiger charge is 2.27. The van der Waals surface area contributed by atoms with Crippen LogP contribution < -0.4 is 14.8 Å². The van der Waals surface area contributed by atoms with Crippen molar-refractivity contribution in [1.82, 2.24) is 0 Å². The number of ether oxygens (including phenoxy) is 6. The summed E-state index contributed by atoms with van der Waals surface area (Å²) in [4.78, 5) is 7.55. The van der Waals surface area contributed by atoms with Crippen LogP contribution >= 0.6 is 23.5 Å². The van der Waals surface area contributed by atoms with Gasteiger partial charge in [-0.05, 0) is 66.2 Å². The van der Waals surface area contributed by atoms with E-state index in [0.717, 1.165) is 33.5 Å². The second kappa shape index (κ2) is 15.2. The highest BCUT2D eigenvalue weighted by Crippen LogP contribution is 2.52. The molecule has 2 heterocycles. The summed E-state index contributed by atoms with van der Waals surface area (Å²) >= 11 is 3.54. The van der Waals surface area contributed by atoms with Gasteiger partial charge in [0.15, 0.2) is 0 Å². The van der Waals surface area contributed by atoms with Crippen molar-refractivity contribution in [2.75, 3.05) is 72.4 Å². The standard InChI is InChI=1S/C34H36N2O6S2/c1-37-15-17-39-19-21-41-25-7-3-23(4-8-25)33-35-27-11-14-30-32-28(12-13-29(43-33)31(27)32)36-34(44-30)24-5-9-26(10-6-24)42-22-20-40-18-16-38-2/h3-14,33,35H,15-22H2,1-2H3. The molecule has 6 rings (SSSR count). The molecule has 1 atom stereocenters. The molecule has 4 aromatic rings. The molecule has 2 aliphatic heterocycles. The fraction of sp³-hybridized carbons (Fsp3) is 0.324. The van der Waals surface area contributed by atoms with Gasteiger partial charge in [0.05, 0.1) is 45.3 Å². The monoisotopic (exact) mass is 632 g/mol. The highest BCUT2D eigenvalue weighted by atomic mass is 32.2. The molecule has 44 heavy (non-hydrogen) atoms. The predicted octanol–water partition coefficient (Wildman–Crippen LogP) is 7.32. The second-order valence-corrected chi connectivity index (χ2v) is 12.3. The fourth-order valence-corrected chi connectivity index (χ4v) is 7.24. The van der Waals surface area contributed by atoms with E-state index in [-0.39, 0.29) is 5.37 Å². The molecule has 0 aromatic heterocycles. The molecule has 1 N–H and O–H groups in total. The van der Waals surface area contributed by atoms with Crippen LogP contribution in [0.15, 0.2) is 87.6 Å². The fourth-order valence-electron chi connectivity index (χ4n) is 4.98. The number of hydrogen-bond acceptors (Lipinski definition) is 10. The molecule has 0 amide bonds. The largest absolute Gasteiger partial charge is 0.491 e. The van der Waals surface area contributed by atoms with Gasteiger partial charge in [0.25, 0.3) is 0 Å². The van der Waals surface area contributed by atoms with Crippen molar-refractivity contribution in [1.29, 1.82) is 0 Å². The lowest BCUT2D eigenvalue weighted by molar-refractivity contribution is 0.0544. The van der Waals surface area contributed by atoms with E-state index < -0.39 is 0 Å². The van der Waals surface area contributed by atoms with E-state index in [2.05, 4.69) is 53.8 Å². The summed E-state index contributed by atoms with van der Waals surface area (Å²) in [6.45, 7) is 4.39. The SMILES string of the molecule is COCCOCCOc1ccc(C2=Nc3ccc4c5c(ccc(c35)S2)NC(c2ccc(OCCOCCOC)cc2)S4)cc1. The molecular weight excluding hydrogens is 597 g/mol. The average Bonchev–Trinajstić information content (AvgIpc) is 3.07. The number of aliphatic imine (C=N–C) groups is 1. The topological polar surface area (TPSA) is 79.8 Å². The summed E-state index contributed by atoms with van der Waals surface area (Å²) in [5.41, 5.74) is 4.39. The van der Waals surface area contributed by atoms with Crippen LogP contribution in [0, 0.1) is 0 Å². The minimum atomic E-state index is 0.0983. The lowest BCUT2D eigenvalue weighted by Gasteiger charge is -2.29. The Balaban J connectivity index is 1.10. The third kappa shape index (κ3) is 7.34. The van der Waals surface area contributed by atoms with Crippen molar-refractivity contribution in [3.8, 4) is 11.5 Å². The van der Waals surface area contributed by atoms with Crippen molar-refractivity contribution >= 4 is 50.7 Å². The molecule has 0 fully saturated rings. The molecular formula is C34H36N2O6S2. The van der Waals surface area contributed by atoms with Gasteiger partial charge in [-0.1, -0.05) is 35.7 Å². The summed E-state index contributed by atoms with van der Waals surface area (Å²) in [7, 11) is 3.33. The molecule has 0 spiro atoms. The number of methoxy groups -OCH3 is 2. The van der Waals surface area contributed by atoms with Gasteiger partial charge in [0.1, 0.15) is 35.1 Å². The molecule has 0 saturated heterocycles. The maximum atomic E-state index is 5.83. The first-order chi connectivity index (χ1) is 21.7. The summed E-state index contributed by atoms with van der Waals surface area (Å²) in [6.07, 6.45) is 0. The van der Waals surface area contributed by atoms with E-state index in [4.69, 9.17) is 33.4 Å². The van der Waals surface area contributed by atoms with Crippen LogP contribution in [-0.2, 0) is 18.9 Å². The number of nitrogens with zero attached hydrogens (tertiary/aromatic N) is 1. The Labute approximate surface area is 266 Å². The van der Waals surface area contributed by atoms with Crippen LogP contribution in [0.3, 0.4) is 0 Å². The third-order valence-corrected chi connectivity index (χ3v) is 9.46. The number of anilines is 1. The van der Waals surface area contributed by atoms with Crippen LogP contribution in [0.2, 0.25) is 0 Å².